The molecule has 3 aliphatic carbocycles. The lowest BCUT2D eigenvalue weighted by molar-refractivity contribution is 0.289. The Labute approximate surface area is 213 Å². The molecule has 0 spiro atoms. The highest BCUT2D eigenvalue weighted by atomic mass is 19.2. The summed E-state index contributed by atoms with van der Waals surface area (Å²) in [6.45, 7) is 4.52. The van der Waals surface area contributed by atoms with E-state index in [1.54, 1.807) is 0 Å². The van der Waals surface area contributed by atoms with E-state index in [1.165, 1.54) is 57.8 Å². The number of unbranched alkanes of at least 4 members (excludes halogenated alkanes) is 2. The molecule has 0 saturated heterocycles. The van der Waals surface area contributed by atoms with Crippen LogP contribution < -0.4 is 0 Å². The number of hydrogen-bond acceptors (Lipinski definition) is 0. The van der Waals surface area contributed by atoms with E-state index >= 15 is 8.78 Å². The predicted molar refractivity (Wildman–Crippen MR) is 145 cm³/mol. The van der Waals surface area contributed by atoms with Crippen LogP contribution in [-0.2, 0) is 0 Å². The lowest BCUT2D eigenvalue weighted by Crippen LogP contribution is -2.15. The van der Waals surface area contributed by atoms with Gasteiger partial charge in [-0.05, 0) is 105 Å². The average Bonchev–Trinajstić information content (AvgIpc) is 2.90. The summed E-state index contributed by atoms with van der Waals surface area (Å²) in [6, 6.07) is 3.77. The molecule has 0 amide bonds. The molecule has 0 aliphatic heterocycles. The van der Waals surface area contributed by atoms with Crippen LogP contribution in [0.5, 0.6) is 0 Å². The lowest BCUT2D eigenvalue weighted by Gasteiger charge is -2.29. The third kappa shape index (κ3) is 7.07. The van der Waals surface area contributed by atoms with Crippen molar-refractivity contribution in [3.05, 3.63) is 59.2 Å². The summed E-state index contributed by atoms with van der Waals surface area (Å²) in [5.74, 6) is 1.89. The van der Waals surface area contributed by atoms with E-state index in [1.807, 2.05) is 12.1 Å². The second-order valence-corrected chi connectivity index (χ2v) is 11.9. The first-order chi connectivity index (χ1) is 17.1. The standard InChI is InChI=1S/C33H48F2/c1-3-5-6-7-25-8-10-26(11-9-25)12-13-27-16-20-29(21-17-27)31-23-22-30(32(34)33(31)35)28-18-14-24(4-2)15-19-28/h12-13,16,20,22-29H,3-11,14-15,17-19,21H2,1-2H3/b13-12+. The van der Waals surface area contributed by atoms with Crippen molar-refractivity contribution in [3.63, 3.8) is 0 Å². The van der Waals surface area contributed by atoms with E-state index in [0.717, 1.165) is 56.3 Å². The molecule has 3 aliphatic rings. The summed E-state index contributed by atoms with van der Waals surface area (Å²) in [7, 11) is 0. The Kier molecular flexibility index (Phi) is 10.0. The Balaban J connectivity index is 1.28. The van der Waals surface area contributed by atoms with Crippen LogP contribution in [0, 0.1) is 35.3 Å². The summed E-state index contributed by atoms with van der Waals surface area (Å²) >= 11 is 0. The zero-order valence-corrected chi connectivity index (χ0v) is 22.3. The molecule has 0 bridgehead atoms. The van der Waals surface area contributed by atoms with Crippen molar-refractivity contribution in [3.8, 4) is 0 Å². The second-order valence-electron chi connectivity index (χ2n) is 11.9. The normalized spacial score (nSPS) is 31.8. The van der Waals surface area contributed by atoms with Gasteiger partial charge in [0.2, 0.25) is 0 Å². The molecule has 2 unspecified atom stereocenters. The maximum atomic E-state index is 15.1. The number of halogens is 2. The van der Waals surface area contributed by atoms with E-state index in [0.29, 0.717) is 17.0 Å². The molecule has 0 nitrogen and oxygen atoms in total. The van der Waals surface area contributed by atoms with Crippen molar-refractivity contribution < 1.29 is 8.78 Å². The van der Waals surface area contributed by atoms with Gasteiger partial charge in [0.05, 0.1) is 0 Å². The van der Waals surface area contributed by atoms with Crippen molar-refractivity contribution in [1.82, 2.24) is 0 Å². The van der Waals surface area contributed by atoms with Gasteiger partial charge in [-0.2, -0.15) is 0 Å². The molecular formula is C33H48F2. The summed E-state index contributed by atoms with van der Waals surface area (Å²) in [4.78, 5) is 0. The fourth-order valence-corrected chi connectivity index (χ4v) is 6.98. The maximum absolute atomic E-state index is 15.1. The van der Waals surface area contributed by atoms with E-state index in [2.05, 4.69) is 38.2 Å². The molecule has 2 saturated carbocycles. The SMILES string of the molecule is CCCCCC1CCC(/C=C/C2C=CC(c3ccc(C4CCC(CC)CC4)c(F)c3F)CC2)CC1. The number of hydrogen-bond donors (Lipinski definition) is 0. The Morgan fingerprint density at radius 1 is 0.714 bits per heavy atom. The van der Waals surface area contributed by atoms with Crippen molar-refractivity contribution in [2.75, 3.05) is 0 Å². The number of allylic oxidation sites excluding steroid dienone is 4. The van der Waals surface area contributed by atoms with Crippen molar-refractivity contribution in [1.29, 1.82) is 0 Å². The Bertz CT molecular complexity index is 837. The topological polar surface area (TPSA) is 0 Å². The van der Waals surface area contributed by atoms with Gasteiger partial charge in [-0.3, -0.25) is 0 Å². The fourth-order valence-electron chi connectivity index (χ4n) is 6.98. The van der Waals surface area contributed by atoms with Gasteiger partial charge in [0.25, 0.3) is 0 Å². The van der Waals surface area contributed by atoms with Crippen LogP contribution in [0.4, 0.5) is 8.78 Å². The third-order valence-electron chi connectivity index (χ3n) is 9.54. The van der Waals surface area contributed by atoms with Gasteiger partial charge in [-0.15, -0.1) is 0 Å². The minimum atomic E-state index is -0.598. The average molecular weight is 483 g/mol. The molecule has 4 rings (SSSR count). The minimum Gasteiger partial charge on any atom is -0.203 e. The minimum absolute atomic E-state index is 0.00223. The Morgan fingerprint density at radius 2 is 1.40 bits per heavy atom. The van der Waals surface area contributed by atoms with E-state index in [4.69, 9.17) is 0 Å². The van der Waals surface area contributed by atoms with Gasteiger partial charge in [0.1, 0.15) is 0 Å². The number of rotatable bonds is 9. The Morgan fingerprint density at radius 3 is 2.06 bits per heavy atom. The van der Waals surface area contributed by atoms with Gasteiger partial charge in [0.15, 0.2) is 11.6 Å². The van der Waals surface area contributed by atoms with Gasteiger partial charge in [-0.1, -0.05) is 82.4 Å². The smallest absolute Gasteiger partial charge is 0.162 e. The second kappa shape index (κ2) is 13.2. The predicted octanol–water partition coefficient (Wildman–Crippen LogP) is 10.6. The molecule has 194 valence electrons. The largest absolute Gasteiger partial charge is 0.203 e. The summed E-state index contributed by atoms with van der Waals surface area (Å²) in [6.07, 6.45) is 27.6. The molecule has 2 heteroatoms. The third-order valence-corrected chi connectivity index (χ3v) is 9.54. The molecule has 1 aromatic rings. The monoisotopic (exact) mass is 482 g/mol. The van der Waals surface area contributed by atoms with Crippen LogP contribution >= 0.6 is 0 Å². The number of benzene rings is 1. The molecule has 35 heavy (non-hydrogen) atoms. The highest BCUT2D eigenvalue weighted by Crippen LogP contribution is 2.41. The van der Waals surface area contributed by atoms with Crippen LogP contribution in [0.25, 0.3) is 0 Å². The first kappa shape index (κ1) is 26.6. The van der Waals surface area contributed by atoms with E-state index < -0.39 is 11.6 Å². The fraction of sp³-hybridized carbons (Fsp3) is 0.697. The molecule has 2 fully saturated rings. The van der Waals surface area contributed by atoms with Crippen LogP contribution in [0.3, 0.4) is 0 Å². The molecule has 0 radical (unpaired) electrons. The zero-order chi connectivity index (χ0) is 24.6. The quantitative estimate of drug-likeness (QED) is 0.242. The van der Waals surface area contributed by atoms with E-state index in [9.17, 15) is 0 Å². The summed E-state index contributed by atoms with van der Waals surface area (Å²) < 4.78 is 30.2. The molecule has 0 heterocycles. The van der Waals surface area contributed by atoms with Gasteiger partial charge >= 0.3 is 0 Å². The zero-order valence-electron chi connectivity index (χ0n) is 22.3. The van der Waals surface area contributed by atoms with Crippen LogP contribution in [0.2, 0.25) is 0 Å². The van der Waals surface area contributed by atoms with Crippen molar-refractivity contribution in [2.45, 2.75) is 122 Å². The first-order valence-corrected chi connectivity index (χ1v) is 14.9. The van der Waals surface area contributed by atoms with Gasteiger partial charge < -0.3 is 0 Å². The van der Waals surface area contributed by atoms with Crippen molar-refractivity contribution in [2.24, 2.45) is 23.7 Å². The summed E-state index contributed by atoms with van der Waals surface area (Å²) in [5, 5.41) is 0. The van der Waals surface area contributed by atoms with Crippen molar-refractivity contribution >= 4 is 0 Å². The molecule has 0 N–H and O–H groups in total. The summed E-state index contributed by atoms with van der Waals surface area (Å²) in [5.41, 5.74) is 1.16. The molecule has 1 aromatic carbocycles. The van der Waals surface area contributed by atoms with Gasteiger partial charge in [-0.25, -0.2) is 8.78 Å². The lowest BCUT2D eigenvalue weighted by atomic mass is 9.76. The van der Waals surface area contributed by atoms with Crippen LogP contribution in [0.1, 0.15) is 133 Å². The highest BCUT2D eigenvalue weighted by Gasteiger charge is 2.28. The van der Waals surface area contributed by atoms with E-state index in [-0.39, 0.29) is 11.8 Å². The van der Waals surface area contributed by atoms with Gasteiger partial charge in [0, 0.05) is 5.92 Å². The molecular weight excluding hydrogens is 434 g/mol. The highest BCUT2D eigenvalue weighted by molar-refractivity contribution is 5.34. The van der Waals surface area contributed by atoms with Crippen LogP contribution in [0.15, 0.2) is 36.4 Å². The molecule has 0 aromatic heterocycles. The Hall–Kier alpha value is -1.44. The maximum Gasteiger partial charge on any atom is 0.162 e. The van der Waals surface area contributed by atoms with Crippen LogP contribution in [-0.4, -0.2) is 0 Å². The first-order valence-electron chi connectivity index (χ1n) is 14.9. The molecule has 2 atom stereocenters.